The Hall–Kier alpha value is -4.16. The molecule has 222 valence electrons. The third-order valence-electron chi connectivity index (χ3n) is 7.54. The van der Waals surface area contributed by atoms with Crippen molar-refractivity contribution in [1.82, 2.24) is 3.97 Å². The highest BCUT2D eigenvalue weighted by Crippen LogP contribution is 2.49. The molecule has 1 aliphatic heterocycles. The highest BCUT2D eigenvalue weighted by atomic mass is 32.2. The molecule has 0 radical (unpaired) electrons. The van der Waals surface area contributed by atoms with Crippen molar-refractivity contribution in [1.29, 1.82) is 0 Å². The number of thiophene rings is 1. The van der Waals surface area contributed by atoms with E-state index in [4.69, 9.17) is 4.74 Å². The molecule has 0 atom stereocenters. The average molecular weight is 629 g/mol. The van der Waals surface area contributed by atoms with E-state index in [2.05, 4.69) is 0 Å². The molecular weight excluding hydrogens is 604 g/mol. The maximum Gasteiger partial charge on any atom is 0.426 e. The van der Waals surface area contributed by atoms with Crippen molar-refractivity contribution in [3.05, 3.63) is 94.4 Å². The summed E-state index contributed by atoms with van der Waals surface area (Å²) >= 11 is 0.479. The molecule has 0 N–H and O–H groups in total. The number of halogens is 4. The zero-order chi connectivity index (χ0) is 30.7. The second kappa shape index (κ2) is 10.5. The number of hydrogen-bond acceptors (Lipinski definition) is 6. The Morgan fingerprint density at radius 3 is 2.40 bits per heavy atom. The molecule has 0 bridgehead atoms. The Balaban J connectivity index is 1.66. The SMILES string of the molecule is COC(=O)C1CN(c2cccc(-c3c(-c4ccsc4C(F)(F)F)c4cc(F)ccc4n3S(=O)(=O)c3ccc(C)cc3)c2)C1. The van der Waals surface area contributed by atoms with Crippen LogP contribution in [0, 0.1) is 18.7 Å². The van der Waals surface area contributed by atoms with Crippen LogP contribution in [0.5, 0.6) is 0 Å². The molecule has 5 aromatic rings. The predicted molar refractivity (Wildman–Crippen MR) is 157 cm³/mol. The molecule has 43 heavy (non-hydrogen) atoms. The van der Waals surface area contributed by atoms with Crippen LogP contribution in [-0.4, -0.2) is 38.6 Å². The molecule has 3 aromatic carbocycles. The van der Waals surface area contributed by atoms with E-state index >= 15 is 0 Å². The molecule has 0 saturated carbocycles. The largest absolute Gasteiger partial charge is 0.469 e. The summed E-state index contributed by atoms with van der Waals surface area (Å²) in [7, 11) is -3.09. The molecule has 1 saturated heterocycles. The molecule has 6 rings (SSSR count). The molecule has 0 amide bonds. The van der Waals surface area contributed by atoms with Crippen LogP contribution >= 0.6 is 11.3 Å². The lowest BCUT2D eigenvalue weighted by molar-refractivity contribution is -0.146. The molecule has 0 aliphatic carbocycles. The van der Waals surface area contributed by atoms with Gasteiger partial charge in [0.1, 0.15) is 10.7 Å². The predicted octanol–water partition coefficient (Wildman–Crippen LogP) is 7.35. The van der Waals surface area contributed by atoms with E-state index in [1.165, 1.54) is 36.8 Å². The topological polar surface area (TPSA) is 68.6 Å². The molecule has 1 aliphatic rings. The fourth-order valence-electron chi connectivity index (χ4n) is 5.42. The van der Waals surface area contributed by atoms with Gasteiger partial charge < -0.3 is 9.64 Å². The van der Waals surface area contributed by atoms with Gasteiger partial charge in [-0.1, -0.05) is 29.8 Å². The van der Waals surface area contributed by atoms with E-state index in [1.54, 1.807) is 43.3 Å². The van der Waals surface area contributed by atoms with Crippen molar-refractivity contribution in [3.8, 4) is 22.4 Å². The number of fused-ring (bicyclic) bond motifs is 1. The van der Waals surface area contributed by atoms with Gasteiger partial charge in [0.2, 0.25) is 0 Å². The zero-order valence-electron chi connectivity index (χ0n) is 22.9. The van der Waals surface area contributed by atoms with E-state index in [1.807, 2.05) is 4.90 Å². The Kier molecular flexibility index (Phi) is 7.09. The van der Waals surface area contributed by atoms with Gasteiger partial charge in [-0.3, -0.25) is 4.79 Å². The van der Waals surface area contributed by atoms with Crippen molar-refractivity contribution in [2.45, 2.75) is 18.0 Å². The fraction of sp³-hybridized carbons (Fsp3) is 0.194. The summed E-state index contributed by atoms with van der Waals surface area (Å²) in [6.07, 6.45) is -4.74. The quantitative estimate of drug-likeness (QED) is 0.145. The van der Waals surface area contributed by atoms with Crippen molar-refractivity contribution in [2.24, 2.45) is 5.92 Å². The molecule has 3 heterocycles. The van der Waals surface area contributed by atoms with Crippen molar-refractivity contribution in [2.75, 3.05) is 25.1 Å². The molecular formula is C31H24F4N2O4S2. The van der Waals surface area contributed by atoms with Gasteiger partial charge in [0, 0.05) is 40.9 Å². The van der Waals surface area contributed by atoms with Gasteiger partial charge in [-0.15, -0.1) is 11.3 Å². The van der Waals surface area contributed by atoms with Crippen LogP contribution < -0.4 is 4.90 Å². The number of carbonyl (C=O) groups excluding carboxylic acids is 1. The van der Waals surface area contributed by atoms with E-state index in [9.17, 15) is 30.8 Å². The first-order valence-corrected chi connectivity index (χ1v) is 15.5. The minimum absolute atomic E-state index is 0.0229. The Labute approximate surface area is 248 Å². The Bertz CT molecular complexity index is 1970. The summed E-state index contributed by atoms with van der Waals surface area (Å²) in [5, 5.41) is 1.30. The summed E-state index contributed by atoms with van der Waals surface area (Å²) in [5.74, 6) is -1.41. The summed E-state index contributed by atoms with van der Waals surface area (Å²) < 4.78 is 91.9. The summed E-state index contributed by atoms with van der Waals surface area (Å²) in [6, 6.07) is 17.5. The van der Waals surface area contributed by atoms with Crippen molar-refractivity contribution >= 4 is 43.9 Å². The Morgan fingerprint density at radius 1 is 1.00 bits per heavy atom. The van der Waals surface area contributed by atoms with E-state index in [-0.39, 0.29) is 44.5 Å². The normalized spacial score (nSPS) is 14.2. The zero-order valence-corrected chi connectivity index (χ0v) is 24.5. The van der Waals surface area contributed by atoms with Crippen LogP contribution in [-0.2, 0) is 25.7 Å². The number of aryl methyl sites for hydroxylation is 1. The maximum absolute atomic E-state index is 14.7. The first-order valence-electron chi connectivity index (χ1n) is 13.1. The van der Waals surface area contributed by atoms with Crippen molar-refractivity contribution in [3.63, 3.8) is 0 Å². The minimum Gasteiger partial charge on any atom is -0.469 e. The van der Waals surface area contributed by atoms with Crippen LogP contribution in [0.3, 0.4) is 0 Å². The smallest absolute Gasteiger partial charge is 0.426 e. The van der Waals surface area contributed by atoms with Gasteiger partial charge in [-0.2, -0.15) is 13.2 Å². The number of esters is 1. The number of carbonyl (C=O) groups is 1. The number of benzene rings is 3. The lowest BCUT2D eigenvalue weighted by atomic mass is 9.96. The van der Waals surface area contributed by atoms with E-state index < -0.39 is 26.9 Å². The number of methoxy groups -OCH3 is 1. The summed E-state index contributed by atoms with van der Waals surface area (Å²) in [4.78, 5) is 12.8. The van der Waals surface area contributed by atoms with Crippen LogP contribution in [0.1, 0.15) is 10.4 Å². The number of ether oxygens (including phenoxy) is 1. The summed E-state index contributed by atoms with van der Waals surface area (Å²) in [6.45, 7) is 2.53. The minimum atomic E-state index is -4.74. The first kappa shape index (κ1) is 28.9. The lowest BCUT2D eigenvalue weighted by Gasteiger charge is -2.39. The van der Waals surface area contributed by atoms with Crippen molar-refractivity contribution < 1.29 is 35.5 Å². The maximum atomic E-state index is 14.7. The summed E-state index contributed by atoms with van der Waals surface area (Å²) in [5.41, 5.74) is 1.47. The number of aromatic nitrogens is 1. The molecule has 0 unspecified atom stereocenters. The third-order valence-corrected chi connectivity index (χ3v) is 10.2. The second-order valence-corrected chi connectivity index (χ2v) is 13.0. The standard InChI is InChI=1S/C31H24F4N2O4S2/c1-18-6-9-23(10-7-18)43(39,40)37-26-11-8-21(32)15-25(26)27(24-12-13-42-29(24)31(33,34)35)28(37)19-4-3-5-22(14-19)36-16-20(17-36)30(38)41-2/h3-15,20H,16-17H2,1-2H3. The molecule has 2 aromatic heterocycles. The number of hydrogen-bond donors (Lipinski definition) is 0. The van der Waals surface area contributed by atoms with Crippen LogP contribution in [0.15, 0.2) is 83.1 Å². The number of nitrogens with zero attached hydrogens (tertiary/aromatic N) is 2. The van der Waals surface area contributed by atoms with Gasteiger partial charge in [0.25, 0.3) is 10.0 Å². The highest BCUT2D eigenvalue weighted by molar-refractivity contribution is 7.90. The monoisotopic (exact) mass is 628 g/mol. The second-order valence-electron chi connectivity index (χ2n) is 10.3. The number of rotatable bonds is 6. The van der Waals surface area contributed by atoms with Gasteiger partial charge in [0.05, 0.1) is 29.1 Å². The number of alkyl halides is 3. The fourth-order valence-corrected chi connectivity index (χ4v) is 7.73. The average Bonchev–Trinajstić information content (AvgIpc) is 3.55. The van der Waals surface area contributed by atoms with Gasteiger partial charge in [-0.05, 0) is 60.8 Å². The van der Waals surface area contributed by atoms with E-state index in [0.717, 1.165) is 21.7 Å². The Morgan fingerprint density at radius 2 is 1.72 bits per heavy atom. The molecule has 1 fully saturated rings. The number of anilines is 1. The van der Waals surface area contributed by atoms with Gasteiger partial charge >= 0.3 is 12.1 Å². The van der Waals surface area contributed by atoms with E-state index in [0.29, 0.717) is 35.7 Å². The third kappa shape index (κ3) is 4.98. The molecule has 12 heteroatoms. The van der Waals surface area contributed by atoms with Crippen LogP contribution in [0.2, 0.25) is 0 Å². The molecule has 6 nitrogen and oxygen atoms in total. The lowest BCUT2D eigenvalue weighted by Crippen LogP contribution is -2.50. The first-order chi connectivity index (χ1) is 20.4. The van der Waals surface area contributed by atoms with Crippen LogP contribution in [0.25, 0.3) is 33.3 Å². The van der Waals surface area contributed by atoms with Gasteiger partial charge in [-0.25, -0.2) is 16.8 Å². The highest BCUT2D eigenvalue weighted by Gasteiger charge is 2.39. The molecule has 0 spiro atoms. The van der Waals surface area contributed by atoms with Gasteiger partial charge in [0.15, 0.2) is 0 Å². The van der Waals surface area contributed by atoms with Crippen LogP contribution in [0.4, 0.5) is 23.2 Å².